The summed E-state index contributed by atoms with van der Waals surface area (Å²) in [4.78, 5) is 15.3. The van der Waals surface area contributed by atoms with Gasteiger partial charge in [0.15, 0.2) is 0 Å². The normalized spacial score (nSPS) is 17.1. The molecule has 0 saturated carbocycles. The van der Waals surface area contributed by atoms with Crippen molar-refractivity contribution in [3.8, 4) is 17.1 Å². The molecule has 0 radical (unpaired) electrons. The number of aryl methyl sites for hydroxylation is 1. The molecule has 0 N–H and O–H groups in total. The molecule has 1 aromatic carbocycles. The Labute approximate surface area is 187 Å². The molecule has 9 nitrogen and oxygen atoms in total. The minimum atomic E-state index is -0.206. The molecule has 0 spiro atoms. The van der Waals surface area contributed by atoms with Crippen LogP contribution in [-0.4, -0.2) is 57.9 Å². The summed E-state index contributed by atoms with van der Waals surface area (Å²) in [6.07, 6.45) is 3.14. The van der Waals surface area contributed by atoms with Crippen LogP contribution in [0.3, 0.4) is 0 Å². The highest BCUT2D eigenvalue weighted by Crippen LogP contribution is 2.29. The topological polar surface area (TPSA) is 95.6 Å². The zero-order valence-electron chi connectivity index (χ0n) is 18.9. The van der Waals surface area contributed by atoms with E-state index in [1.165, 1.54) is 11.9 Å². The molecule has 0 amide bonds. The van der Waals surface area contributed by atoms with Crippen LogP contribution in [0.1, 0.15) is 42.7 Å². The average molecular weight is 440 g/mol. The molecule has 0 aliphatic carbocycles. The summed E-state index contributed by atoms with van der Waals surface area (Å²) >= 11 is 0. The van der Waals surface area contributed by atoms with E-state index in [0.29, 0.717) is 31.5 Å². The van der Waals surface area contributed by atoms with E-state index in [9.17, 15) is 0 Å². The number of benzene rings is 1. The van der Waals surface area contributed by atoms with Gasteiger partial charge in [-0.05, 0) is 31.5 Å². The highest BCUT2D eigenvalue weighted by Gasteiger charge is 2.27. The third kappa shape index (κ3) is 5.29. The Morgan fingerprint density at radius 3 is 2.91 bits per heavy atom. The predicted molar refractivity (Wildman–Crippen MR) is 117 cm³/mol. The van der Waals surface area contributed by atoms with Crippen molar-refractivity contribution in [1.82, 2.24) is 25.0 Å². The molecule has 1 aliphatic rings. The van der Waals surface area contributed by atoms with E-state index in [-0.39, 0.29) is 12.2 Å². The van der Waals surface area contributed by atoms with Crippen LogP contribution in [-0.2, 0) is 22.6 Å². The SMILES string of the molecule is COCc1cc(CN2CCOC(c3ncncc3-c3noc(C)n3)C2)ccc1OC(C)C. The van der Waals surface area contributed by atoms with Gasteiger partial charge in [0.1, 0.15) is 18.2 Å². The predicted octanol–water partition coefficient (Wildman–Crippen LogP) is 3.34. The maximum absolute atomic E-state index is 6.07. The van der Waals surface area contributed by atoms with Gasteiger partial charge in [-0.15, -0.1) is 0 Å². The van der Waals surface area contributed by atoms with Crippen molar-refractivity contribution in [3.63, 3.8) is 0 Å². The van der Waals surface area contributed by atoms with Gasteiger partial charge >= 0.3 is 0 Å². The van der Waals surface area contributed by atoms with Gasteiger partial charge in [0.2, 0.25) is 11.7 Å². The lowest BCUT2D eigenvalue weighted by molar-refractivity contribution is -0.0347. The monoisotopic (exact) mass is 439 g/mol. The van der Waals surface area contributed by atoms with E-state index in [0.717, 1.165) is 35.7 Å². The maximum atomic E-state index is 6.07. The molecular weight excluding hydrogens is 410 g/mol. The number of rotatable bonds is 8. The van der Waals surface area contributed by atoms with E-state index < -0.39 is 0 Å². The second-order valence-electron chi connectivity index (χ2n) is 8.09. The smallest absolute Gasteiger partial charge is 0.223 e. The fourth-order valence-electron chi connectivity index (χ4n) is 3.81. The van der Waals surface area contributed by atoms with Gasteiger partial charge < -0.3 is 18.7 Å². The molecule has 4 rings (SSSR count). The van der Waals surface area contributed by atoms with E-state index >= 15 is 0 Å². The summed E-state index contributed by atoms with van der Waals surface area (Å²) in [6, 6.07) is 6.30. The van der Waals surface area contributed by atoms with Gasteiger partial charge in [0.05, 0.1) is 30.6 Å². The minimum absolute atomic E-state index is 0.113. The first kappa shape index (κ1) is 22.3. The molecule has 170 valence electrons. The third-order valence-electron chi connectivity index (χ3n) is 5.16. The van der Waals surface area contributed by atoms with Crippen molar-refractivity contribution in [1.29, 1.82) is 0 Å². The van der Waals surface area contributed by atoms with Crippen molar-refractivity contribution >= 4 is 0 Å². The second-order valence-corrected chi connectivity index (χ2v) is 8.09. The first-order chi connectivity index (χ1) is 15.5. The molecule has 32 heavy (non-hydrogen) atoms. The van der Waals surface area contributed by atoms with Crippen LogP contribution in [0, 0.1) is 6.92 Å². The van der Waals surface area contributed by atoms with Crippen LogP contribution in [0.15, 0.2) is 35.2 Å². The molecule has 2 aromatic heterocycles. The molecular formula is C23H29N5O4. The van der Waals surface area contributed by atoms with E-state index in [2.05, 4.69) is 37.1 Å². The van der Waals surface area contributed by atoms with Gasteiger partial charge in [-0.3, -0.25) is 4.90 Å². The van der Waals surface area contributed by atoms with Crippen LogP contribution >= 0.6 is 0 Å². The first-order valence-corrected chi connectivity index (χ1v) is 10.8. The van der Waals surface area contributed by atoms with Gasteiger partial charge in [0.25, 0.3) is 0 Å². The molecule has 9 heteroatoms. The van der Waals surface area contributed by atoms with Gasteiger partial charge in [-0.2, -0.15) is 4.98 Å². The Morgan fingerprint density at radius 1 is 1.28 bits per heavy atom. The van der Waals surface area contributed by atoms with Crippen LogP contribution in [0.2, 0.25) is 0 Å². The van der Waals surface area contributed by atoms with Crippen molar-refractivity contribution in [2.45, 2.75) is 46.1 Å². The fraction of sp³-hybridized carbons (Fsp3) is 0.478. The zero-order chi connectivity index (χ0) is 22.5. The fourth-order valence-corrected chi connectivity index (χ4v) is 3.81. The van der Waals surface area contributed by atoms with E-state index in [4.69, 9.17) is 18.7 Å². The Hall–Kier alpha value is -2.88. The Morgan fingerprint density at radius 2 is 2.16 bits per heavy atom. The summed E-state index contributed by atoms with van der Waals surface area (Å²) in [6.45, 7) is 9.25. The Balaban J connectivity index is 1.50. The number of nitrogens with zero attached hydrogens (tertiary/aromatic N) is 5. The molecule has 1 aliphatic heterocycles. The van der Waals surface area contributed by atoms with Crippen molar-refractivity contribution < 1.29 is 18.7 Å². The summed E-state index contributed by atoms with van der Waals surface area (Å²) in [5, 5.41) is 4.03. The summed E-state index contributed by atoms with van der Waals surface area (Å²) in [7, 11) is 1.70. The van der Waals surface area contributed by atoms with Gasteiger partial charge in [0, 0.05) is 45.4 Å². The van der Waals surface area contributed by atoms with Crippen molar-refractivity contribution in [2.24, 2.45) is 0 Å². The van der Waals surface area contributed by atoms with Crippen molar-refractivity contribution in [2.75, 3.05) is 26.8 Å². The average Bonchev–Trinajstić information content (AvgIpc) is 3.22. The van der Waals surface area contributed by atoms with E-state index in [1.54, 1.807) is 20.2 Å². The number of methoxy groups -OCH3 is 1. The number of ether oxygens (including phenoxy) is 3. The van der Waals surface area contributed by atoms with E-state index in [1.807, 2.05) is 19.9 Å². The summed E-state index contributed by atoms with van der Waals surface area (Å²) < 4.78 is 22.5. The molecule has 3 heterocycles. The molecule has 3 aromatic rings. The Bertz CT molecular complexity index is 1040. The zero-order valence-corrected chi connectivity index (χ0v) is 18.9. The largest absolute Gasteiger partial charge is 0.491 e. The van der Waals surface area contributed by atoms with Crippen LogP contribution in [0.25, 0.3) is 11.4 Å². The van der Waals surface area contributed by atoms with Gasteiger partial charge in [-0.25, -0.2) is 9.97 Å². The van der Waals surface area contributed by atoms with Crippen molar-refractivity contribution in [3.05, 3.63) is 53.4 Å². The molecule has 1 saturated heterocycles. The van der Waals surface area contributed by atoms with Crippen LogP contribution in [0.5, 0.6) is 5.75 Å². The minimum Gasteiger partial charge on any atom is -0.491 e. The number of hydrogen-bond acceptors (Lipinski definition) is 9. The molecule has 0 bridgehead atoms. The van der Waals surface area contributed by atoms with Crippen LogP contribution in [0.4, 0.5) is 0 Å². The number of morpholine rings is 1. The quantitative estimate of drug-likeness (QED) is 0.523. The number of aromatic nitrogens is 4. The Kier molecular flexibility index (Phi) is 7.09. The second kappa shape index (κ2) is 10.2. The maximum Gasteiger partial charge on any atom is 0.223 e. The standard InChI is InChI=1S/C23H29N5O4/c1-15(2)31-20-6-5-17(9-18(20)13-29-4)11-28-7-8-30-21(12-28)22-19(10-24-14-25-22)23-26-16(3)32-27-23/h5-6,9-10,14-15,21H,7-8,11-13H2,1-4H3. The lowest BCUT2D eigenvalue weighted by Gasteiger charge is -2.33. The number of hydrogen-bond donors (Lipinski definition) is 0. The molecule has 1 fully saturated rings. The lowest BCUT2D eigenvalue weighted by Crippen LogP contribution is -2.38. The van der Waals surface area contributed by atoms with Gasteiger partial charge in [-0.1, -0.05) is 11.2 Å². The van der Waals surface area contributed by atoms with Crippen LogP contribution < -0.4 is 4.74 Å². The molecule has 1 atom stereocenters. The summed E-state index contributed by atoms with van der Waals surface area (Å²) in [5.74, 6) is 1.84. The summed E-state index contributed by atoms with van der Waals surface area (Å²) in [5.41, 5.74) is 3.75. The highest BCUT2D eigenvalue weighted by molar-refractivity contribution is 5.56. The molecule has 1 unspecified atom stereocenters. The first-order valence-electron chi connectivity index (χ1n) is 10.8. The highest BCUT2D eigenvalue weighted by atomic mass is 16.5. The lowest BCUT2D eigenvalue weighted by atomic mass is 10.1. The third-order valence-corrected chi connectivity index (χ3v) is 5.16.